The van der Waals surface area contributed by atoms with Gasteiger partial charge in [0.2, 0.25) is 5.91 Å². The van der Waals surface area contributed by atoms with Gasteiger partial charge in [0.25, 0.3) is 0 Å². The summed E-state index contributed by atoms with van der Waals surface area (Å²) in [4.78, 5) is 12.1. The van der Waals surface area contributed by atoms with Gasteiger partial charge in [-0.3, -0.25) is 4.79 Å². The van der Waals surface area contributed by atoms with Crippen molar-refractivity contribution in [2.75, 3.05) is 6.61 Å². The Kier molecular flexibility index (Phi) is 4.88. The van der Waals surface area contributed by atoms with E-state index >= 15 is 0 Å². The summed E-state index contributed by atoms with van der Waals surface area (Å²) in [6.07, 6.45) is 2.20. The average Bonchev–Trinajstić information content (AvgIpc) is 3.23. The summed E-state index contributed by atoms with van der Waals surface area (Å²) in [5, 5.41) is 13.2. The monoisotopic (exact) mass is 291 g/mol. The molecule has 21 heavy (non-hydrogen) atoms. The molecule has 0 aliphatic heterocycles. The normalized spacial score (nSPS) is 18.7. The van der Waals surface area contributed by atoms with Crippen LogP contribution in [0.1, 0.15) is 51.6 Å². The minimum atomic E-state index is -0.878. The summed E-state index contributed by atoms with van der Waals surface area (Å²) in [5.41, 5.74) is 0.122. The minimum absolute atomic E-state index is 0.104. The summed E-state index contributed by atoms with van der Waals surface area (Å²) in [5.74, 6) is 0.974. The predicted octanol–water partition coefficient (Wildman–Crippen LogP) is 2.81. The molecule has 1 fully saturated rings. The summed E-state index contributed by atoms with van der Waals surface area (Å²) in [6.45, 7) is 6.26. The summed E-state index contributed by atoms with van der Waals surface area (Å²) >= 11 is 0. The van der Waals surface area contributed by atoms with Crippen molar-refractivity contribution >= 4 is 5.91 Å². The van der Waals surface area contributed by atoms with Gasteiger partial charge in [-0.2, -0.15) is 0 Å². The Morgan fingerprint density at radius 1 is 1.52 bits per heavy atom. The van der Waals surface area contributed by atoms with E-state index in [2.05, 4.69) is 5.32 Å². The number of amides is 1. The molecule has 116 valence electrons. The molecule has 1 aliphatic carbocycles. The first-order valence-corrected chi connectivity index (χ1v) is 7.67. The molecular formula is C17H25NO3. The summed E-state index contributed by atoms with van der Waals surface area (Å²) < 4.78 is 5.47. The number of rotatable bonds is 7. The maximum atomic E-state index is 12.1. The van der Waals surface area contributed by atoms with Gasteiger partial charge in [-0.25, -0.2) is 0 Å². The molecule has 0 saturated heterocycles. The van der Waals surface area contributed by atoms with Gasteiger partial charge in [-0.05, 0) is 57.2 Å². The van der Waals surface area contributed by atoms with Crippen molar-refractivity contribution in [2.24, 2.45) is 5.92 Å². The topological polar surface area (TPSA) is 58.6 Å². The molecule has 1 unspecified atom stereocenters. The van der Waals surface area contributed by atoms with E-state index in [1.54, 1.807) is 6.92 Å². The number of ether oxygens (including phenoxy) is 1. The second-order valence-electron chi connectivity index (χ2n) is 6.10. The van der Waals surface area contributed by atoms with E-state index in [1.165, 1.54) is 0 Å². The van der Waals surface area contributed by atoms with E-state index in [0.717, 1.165) is 24.2 Å². The number of nitrogens with one attached hydrogen (secondary N) is 1. The highest BCUT2D eigenvalue weighted by Crippen LogP contribution is 2.41. The van der Waals surface area contributed by atoms with Gasteiger partial charge in [-0.15, -0.1) is 0 Å². The lowest BCUT2D eigenvalue weighted by Crippen LogP contribution is -2.37. The fourth-order valence-corrected chi connectivity index (χ4v) is 2.59. The third kappa shape index (κ3) is 4.46. The summed E-state index contributed by atoms with van der Waals surface area (Å²) in [7, 11) is 0. The molecule has 4 nitrogen and oxygen atoms in total. The zero-order valence-corrected chi connectivity index (χ0v) is 13.1. The van der Waals surface area contributed by atoms with Gasteiger partial charge in [0.15, 0.2) is 0 Å². The van der Waals surface area contributed by atoms with Crippen LogP contribution in [0.15, 0.2) is 24.3 Å². The van der Waals surface area contributed by atoms with Gasteiger partial charge in [0.1, 0.15) is 5.75 Å². The van der Waals surface area contributed by atoms with Crippen molar-refractivity contribution < 1.29 is 14.6 Å². The molecule has 0 spiro atoms. The van der Waals surface area contributed by atoms with Crippen LogP contribution in [0.2, 0.25) is 0 Å². The molecule has 1 aromatic carbocycles. The van der Waals surface area contributed by atoms with Crippen LogP contribution < -0.4 is 10.1 Å². The fraction of sp³-hybridized carbons (Fsp3) is 0.588. The van der Waals surface area contributed by atoms with Gasteiger partial charge < -0.3 is 15.2 Å². The van der Waals surface area contributed by atoms with Crippen LogP contribution in [0.3, 0.4) is 0 Å². The van der Waals surface area contributed by atoms with Gasteiger partial charge in [0.05, 0.1) is 24.7 Å². The van der Waals surface area contributed by atoms with Crippen LogP contribution >= 0.6 is 0 Å². The zero-order chi connectivity index (χ0) is 15.5. The minimum Gasteiger partial charge on any atom is -0.494 e. The molecular weight excluding hydrogens is 266 g/mol. The van der Waals surface area contributed by atoms with Crippen LogP contribution in [-0.2, 0) is 4.79 Å². The molecule has 1 saturated carbocycles. The van der Waals surface area contributed by atoms with E-state index in [1.807, 2.05) is 38.1 Å². The Morgan fingerprint density at radius 3 is 2.86 bits per heavy atom. The maximum Gasteiger partial charge on any atom is 0.223 e. The number of carbonyl (C=O) groups excluding carboxylic acids is 1. The van der Waals surface area contributed by atoms with Crippen LogP contribution in [0.25, 0.3) is 0 Å². The lowest BCUT2D eigenvalue weighted by atomic mass is 9.95. The average molecular weight is 291 g/mol. The first kappa shape index (κ1) is 15.8. The molecule has 0 bridgehead atoms. The standard InChI is InChI=1S/C17H25NO3/c1-4-21-15-7-5-6-13(10-15)12(2)18-16(19)11-17(3,20)14-8-9-14/h5-7,10,12,14,20H,4,8-9,11H2,1-3H3,(H,18,19)/t12-,17?/m0/s1. The van der Waals surface area contributed by atoms with Crippen molar-refractivity contribution in [1.29, 1.82) is 0 Å². The first-order chi connectivity index (χ1) is 9.92. The van der Waals surface area contributed by atoms with E-state index in [9.17, 15) is 9.90 Å². The number of hydrogen-bond acceptors (Lipinski definition) is 3. The SMILES string of the molecule is CCOc1cccc([C@H](C)NC(=O)CC(C)(O)C2CC2)c1. The Hall–Kier alpha value is -1.55. The number of carbonyl (C=O) groups is 1. The Bertz CT molecular complexity index is 495. The highest BCUT2D eigenvalue weighted by atomic mass is 16.5. The second-order valence-corrected chi connectivity index (χ2v) is 6.10. The molecule has 4 heteroatoms. The van der Waals surface area contributed by atoms with E-state index in [0.29, 0.717) is 6.61 Å². The highest BCUT2D eigenvalue weighted by Gasteiger charge is 2.41. The Labute approximate surface area is 126 Å². The van der Waals surface area contributed by atoms with Gasteiger partial charge >= 0.3 is 0 Å². The van der Waals surface area contributed by atoms with Gasteiger partial charge in [0, 0.05) is 0 Å². The molecule has 1 aromatic rings. The van der Waals surface area contributed by atoms with Crippen molar-refractivity contribution in [3.8, 4) is 5.75 Å². The quantitative estimate of drug-likeness (QED) is 0.812. The number of aliphatic hydroxyl groups is 1. The van der Waals surface area contributed by atoms with Gasteiger partial charge in [-0.1, -0.05) is 12.1 Å². The molecule has 2 N–H and O–H groups in total. The lowest BCUT2D eigenvalue weighted by molar-refractivity contribution is -0.126. The lowest BCUT2D eigenvalue weighted by Gasteiger charge is -2.23. The van der Waals surface area contributed by atoms with E-state index < -0.39 is 5.60 Å². The highest BCUT2D eigenvalue weighted by molar-refractivity contribution is 5.77. The van der Waals surface area contributed by atoms with Crippen molar-refractivity contribution in [3.63, 3.8) is 0 Å². The molecule has 0 radical (unpaired) electrons. The Balaban J connectivity index is 1.92. The second kappa shape index (κ2) is 6.48. The van der Waals surface area contributed by atoms with Crippen LogP contribution in [0, 0.1) is 5.92 Å². The predicted molar refractivity (Wildman–Crippen MR) is 82.1 cm³/mol. The molecule has 2 atom stereocenters. The largest absolute Gasteiger partial charge is 0.494 e. The molecule has 2 rings (SSSR count). The van der Waals surface area contributed by atoms with Crippen molar-refractivity contribution in [3.05, 3.63) is 29.8 Å². The molecule has 1 amide bonds. The van der Waals surface area contributed by atoms with Crippen LogP contribution in [0.5, 0.6) is 5.75 Å². The van der Waals surface area contributed by atoms with E-state index in [4.69, 9.17) is 4.74 Å². The summed E-state index contributed by atoms with van der Waals surface area (Å²) in [6, 6.07) is 7.62. The molecule has 0 aromatic heterocycles. The number of benzene rings is 1. The first-order valence-electron chi connectivity index (χ1n) is 7.67. The zero-order valence-electron chi connectivity index (χ0n) is 13.1. The van der Waals surface area contributed by atoms with Crippen LogP contribution in [0.4, 0.5) is 0 Å². The van der Waals surface area contributed by atoms with Crippen molar-refractivity contribution in [1.82, 2.24) is 5.32 Å². The van der Waals surface area contributed by atoms with E-state index in [-0.39, 0.29) is 24.3 Å². The third-order valence-corrected chi connectivity index (χ3v) is 4.02. The number of hydrogen-bond donors (Lipinski definition) is 2. The molecule has 0 heterocycles. The third-order valence-electron chi connectivity index (χ3n) is 4.02. The molecule has 1 aliphatic rings. The van der Waals surface area contributed by atoms with Crippen molar-refractivity contribution in [2.45, 2.75) is 51.7 Å². The fourth-order valence-electron chi connectivity index (χ4n) is 2.59. The maximum absolute atomic E-state index is 12.1. The Morgan fingerprint density at radius 2 is 2.24 bits per heavy atom. The smallest absolute Gasteiger partial charge is 0.223 e. The van der Waals surface area contributed by atoms with Crippen LogP contribution in [-0.4, -0.2) is 23.2 Å².